The Labute approximate surface area is 241 Å². The molecule has 1 saturated heterocycles. The number of piperazine rings is 1. The molecule has 1 atom stereocenters. The highest BCUT2D eigenvalue weighted by atomic mass is 35.5. The van der Waals surface area contributed by atoms with Crippen molar-refractivity contribution in [2.45, 2.75) is 51.9 Å². The molecule has 0 radical (unpaired) electrons. The number of anilines is 1. The Morgan fingerprint density at radius 3 is 2.62 bits per heavy atom. The van der Waals surface area contributed by atoms with Crippen LogP contribution in [0.3, 0.4) is 0 Å². The average Bonchev–Trinajstić information content (AvgIpc) is 2.94. The van der Waals surface area contributed by atoms with Gasteiger partial charge in [0.05, 0.1) is 29.2 Å². The van der Waals surface area contributed by atoms with Crippen molar-refractivity contribution in [2.75, 3.05) is 31.9 Å². The number of aryl methyl sites for hydroxylation is 1. The molecule has 2 N–H and O–H groups in total. The van der Waals surface area contributed by atoms with Crippen molar-refractivity contribution in [3.63, 3.8) is 0 Å². The van der Waals surface area contributed by atoms with E-state index in [1.165, 1.54) is 5.56 Å². The summed E-state index contributed by atoms with van der Waals surface area (Å²) < 4.78 is 7.99. The average molecular weight is 560 g/mol. The number of nitrogens with zero attached hydrogens (tertiary/aromatic N) is 4. The molecule has 1 unspecified atom stereocenters. The maximum Gasteiger partial charge on any atom is 0.265 e. The monoisotopic (exact) mass is 559 g/mol. The smallest absolute Gasteiger partial charge is 0.265 e. The maximum atomic E-state index is 13.9. The largest absolute Gasteiger partial charge is 0.399 e. The minimum atomic E-state index is -0.220. The van der Waals surface area contributed by atoms with E-state index in [-0.39, 0.29) is 17.8 Å². The highest BCUT2D eigenvalue weighted by molar-refractivity contribution is 6.30. The first-order valence-corrected chi connectivity index (χ1v) is 14.4. The summed E-state index contributed by atoms with van der Waals surface area (Å²) in [6.07, 6.45) is 8.42. The topological polar surface area (TPSA) is 76.6 Å². The van der Waals surface area contributed by atoms with Crippen LogP contribution >= 0.6 is 11.6 Å². The van der Waals surface area contributed by atoms with E-state index in [2.05, 4.69) is 34.6 Å². The third-order valence-electron chi connectivity index (χ3n) is 7.54. The number of ether oxygens (including phenoxy) is 1. The molecular weight excluding hydrogens is 522 g/mol. The lowest BCUT2D eigenvalue weighted by molar-refractivity contribution is 0.0392. The Hall–Kier alpha value is -3.39. The summed E-state index contributed by atoms with van der Waals surface area (Å²) in [6.45, 7) is 12.5. The van der Waals surface area contributed by atoms with Gasteiger partial charge >= 0.3 is 0 Å². The summed E-state index contributed by atoms with van der Waals surface area (Å²) in [7, 11) is 0. The fourth-order valence-corrected chi connectivity index (χ4v) is 5.54. The number of aromatic nitrogens is 2. The van der Waals surface area contributed by atoms with E-state index in [9.17, 15) is 4.79 Å². The van der Waals surface area contributed by atoms with Crippen LogP contribution in [0.2, 0.25) is 5.02 Å². The number of benzene rings is 2. The van der Waals surface area contributed by atoms with Gasteiger partial charge < -0.3 is 15.4 Å². The molecule has 5 rings (SSSR count). The van der Waals surface area contributed by atoms with Gasteiger partial charge in [-0.3, -0.25) is 14.3 Å². The second-order valence-electron chi connectivity index (χ2n) is 10.8. The van der Waals surface area contributed by atoms with Crippen LogP contribution in [0.25, 0.3) is 16.6 Å². The zero-order valence-corrected chi connectivity index (χ0v) is 24.1. The summed E-state index contributed by atoms with van der Waals surface area (Å²) >= 11 is 6.02. The maximum absolute atomic E-state index is 13.9. The highest BCUT2D eigenvalue weighted by Gasteiger charge is 2.26. The van der Waals surface area contributed by atoms with Gasteiger partial charge in [0.1, 0.15) is 11.9 Å². The quantitative estimate of drug-likeness (QED) is 0.349. The van der Waals surface area contributed by atoms with Gasteiger partial charge in [0, 0.05) is 42.6 Å². The Balaban J connectivity index is 1.34. The lowest BCUT2D eigenvalue weighted by atomic mass is 10.1. The first-order valence-electron chi connectivity index (χ1n) is 14.0. The highest BCUT2D eigenvalue weighted by Crippen LogP contribution is 2.25. The van der Waals surface area contributed by atoms with Crippen molar-refractivity contribution in [2.24, 2.45) is 0 Å². The summed E-state index contributed by atoms with van der Waals surface area (Å²) in [5.74, 6) is 0.719. The van der Waals surface area contributed by atoms with Gasteiger partial charge in [0.2, 0.25) is 0 Å². The first-order chi connectivity index (χ1) is 19.3. The van der Waals surface area contributed by atoms with Crippen molar-refractivity contribution in [1.82, 2.24) is 19.4 Å². The SMILES string of the molecule is C=C(CCc1ccc(Cl)cc1)N1CCN(Cc2nc3ccc(N)cc3c(=O)n2C2=CC=CCC2OC(C)C)CC1. The van der Waals surface area contributed by atoms with Crippen LogP contribution in [-0.4, -0.2) is 57.7 Å². The molecule has 2 heterocycles. The van der Waals surface area contributed by atoms with Crippen LogP contribution in [0.5, 0.6) is 0 Å². The van der Waals surface area contributed by atoms with Gasteiger partial charge in [-0.25, -0.2) is 4.98 Å². The summed E-state index contributed by atoms with van der Waals surface area (Å²) in [6, 6.07) is 13.4. The van der Waals surface area contributed by atoms with E-state index >= 15 is 0 Å². The van der Waals surface area contributed by atoms with Gasteiger partial charge in [-0.05, 0) is 75.1 Å². The van der Waals surface area contributed by atoms with Crippen LogP contribution in [-0.2, 0) is 17.7 Å². The number of nitrogen functional groups attached to an aromatic ring is 1. The standard InChI is InChI=1S/C32H38ClN5O2/c1-22(2)40-30-7-5-4-6-29(30)38-31(35-28-15-14-26(34)20-27(28)32(38)39)21-36-16-18-37(19-17-36)23(3)8-9-24-10-12-25(33)13-11-24/h4-6,10-15,20,22,30H,3,7-9,16-19,21,34H2,1-2H3. The molecule has 8 heteroatoms. The van der Waals surface area contributed by atoms with Crippen LogP contribution in [0.15, 0.2) is 77.8 Å². The van der Waals surface area contributed by atoms with Crippen molar-refractivity contribution < 1.29 is 4.74 Å². The number of hydrogen-bond acceptors (Lipinski definition) is 6. The lowest BCUT2D eigenvalue weighted by Gasteiger charge is -2.37. The van der Waals surface area contributed by atoms with E-state index in [1.807, 2.05) is 44.2 Å². The lowest BCUT2D eigenvalue weighted by Crippen LogP contribution is -2.46. The van der Waals surface area contributed by atoms with Crippen molar-refractivity contribution in [3.8, 4) is 0 Å². The van der Waals surface area contributed by atoms with Crippen molar-refractivity contribution in [3.05, 3.63) is 99.7 Å². The van der Waals surface area contributed by atoms with Gasteiger partial charge in [0.25, 0.3) is 5.56 Å². The zero-order valence-electron chi connectivity index (χ0n) is 23.4. The molecule has 1 aromatic heterocycles. The molecule has 0 amide bonds. The predicted octanol–water partition coefficient (Wildman–Crippen LogP) is 5.49. The molecule has 2 aromatic carbocycles. The summed E-state index contributed by atoms with van der Waals surface area (Å²) in [4.78, 5) is 23.6. The first kappa shape index (κ1) is 28.1. The van der Waals surface area contributed by atoms with Crippen LogP contribution in [0, 0.1) is 0 Å². The van der Waals surface area contributed by atoms with Crippen molar-refractivity contribution >= 4 is 33.9 Å². The molecule has 1 aliphatic heterocycles. The fourth-order valence-electron chi connectivity index (χ4n) is 5.41. The molecule has 7 nitrogen and oxygen atoms in total. The molecule has 1 fully saturated rings. The molecule has 1 aliphatic carbocycles. The molecule has 0 bridgehead atoms. The Bertz CT molecular complexity index is 1480. The summed E-state index contributed by atoms with van der Waals surface area (Å²) in [5.41, 5.74) is 10.4. The third kappa shape index (κ3) is 6.49. The number of rotatable bonds is 9. The second kappa shape index (κ2) is 12.4. The number of fused-ring (bicyclic) bond motifs is 1. The molecule has 0 spiro atoms. The Morgan fingerprint density at radius 2 is 1.90 bits per heavy atom. The van der Waals surface area contributed by atoms with E-state index in [1.54, 1.807) is 16.7 Å². The van der Waals surface area contributed by atoms with Crippen molar-refractivity contribution in [1.29, 1.82) is 0 Å². The number of nitrogens with two attached hydrogens (primary N) is 1. The minimum absolute atomic E-state index is 0.0315. The number of allylic oxidation sites excluding steroid dienone is 3. The predicted molar refractivity (Wildman–Crippen MR) is 164 cm³/mol. The van der Waals surface area contributed by atoms with Crippen LogP contribution < -0.4 is 11.3 Å². The van der Waals surface area contributed by atoms with Crippen LogP contribution in [0.4, 0.5) is 5.69 Å². The van der Waals surface area contributed by atoms with Gasteiger partial charge in [-0.1, -0.05) is 42.5 Å². The molecule has 3 aromatic rings. The second-order valence-corrected chi connectivity index (χ2v) is 11.3. The molecular formula is C32H38ClN5O2. The number of halogens is 1. The van der Waals surface area contributed by atoms with E-state index in [0.29, 0.717) is 29.6 Å². The van der Waals surface area contributed by atoms with Gasteiger partial charge in [-0.2, -0.15) is 0 Å². The molecule has 2 aliphatic rings. The zero-order chi connectivity index (χ0) is 28.2. The Kier molecular flexibility index (Phi) is 8.74. The minimum Gasteiger partial charge on any atom is -0.399 e. The van der Waals surface area contributed by atoms with Gasteiger partial charge in [0.15, 0.2) is 0 Å². The van der Waals surface area contributed by atoms with E-state index < -0.39 is 0 Å². The third-order valence-corrected chi connectivity index (χ3v) is 7.79. The Morgan fingerprint density at radius 1 is 1.15 bits per heavy atom. The van der Waals surface area contributed by atoms with Gasteiger partial charge in [-0.15, -0.1) is 0 Å². The summed E-state index contributed by atoms with van der Waals surface area (Å²) in [5, 5.41) is 1.28. The molecule has 0 saturated carbocycles. The van der Waals surface area contributed by atoms with E-state index in [4.69, 9.17) is 27.1 Å². The molecule has 40 heavy (non-hydrogen) atoms. The number of hydrogen-bond donors (Lipinski definition) is 1. The molecule has 210 valence electrons. The van der Waals surface area contributed by atoms with Crippen LogP contribution in [0.1, 0.15) is 38.1 Å². The fraction of sp³-hybridized carbons (Fsp3) is 0.375. The van der Waals surface area contributed by atoms with E-state index in [0.717, 1.165) is 61.3 Å². The normalized spacial score (nSPS) is 17.9.